The molecule has 7 nitrogen and oxygen atoms in total. The fourth-order valence-electron chi connectivity index (χ4n) is 8.46. The molecule has 3 rings (SSSR count). The normalized spacial score (nSPS) is 26.3. The van der Waals surface area contributed by atoms with Crippen LogP contribution in [-0.2, 0) is 33.5 Å². The standard InChI is InChI=1S/C39H62O7/c1-22(40)33(43)24(16-23-14-13-15-23)18-30(42)31-27(20-28-32(31)39(28,11)12)34(44)29(37(5,6)7)19-26(41)17-25(21-36(2,3)4)35(45)46-38(8,9)10/h23-25,27-29,31-32H,13-21H2,1-12H3. The quantitative estimate of drug-likeness (QED) is 0.132. The van der Waals surface area contributed by atoms with Crippen LogP contribution in [0.15, 0.2) is 0 Å². The van der Waals surface area contributed by atoms with Gasteiger partial charge in [0.1, 0.15) is 23.0 Å². The van der Waals surface area contributed by atoms with Crippen molar-refractivity contribution in [3.05, 3.63) is 0 Å². The summed E-state index contributed by atoms with van der Waals surface area (Å²) in [5.74, 6) is -3.86. The largest absolute Gasteiger partial charge is 0.460 e. The Balaban J connectivity index is 1.83. The highest BCUT2D eigenvalue weighted by Crippen LogP contribution is 2.71. The van der Waals surface area contributed by atoms with Crippen LogP contribution in [0.3, 0.4) is 0 Å². The van der Waals surface area contributed by atoms with Crippen LogP contribution in [0.1, 0.15) is 141 Å². The van der Waals surface area contributed by atoms with Crippen LogP contribution >= 0.6 is 0 Å². The van der Waals surface area contributed by atoms with Crippen LogP contribution in [0.5, 0.6) is 0 Å². The van der Waals surface area contributed by atoms with E-state index < -0.39 is 58.1 Å². The number of ether oxygens (including phenoxy) is 1. The van der Waals surface area contributed by atoms with Gasteiger partial charge in [0.05, 0.1) is 5.92 Å². The Morgan fingerprint density at radius 3 is 1.87 bits per heavy atom. The first kappa shape index (κ1) is 38.3. The molecular weight excluding hydrogens is 580 g/mol. The monoisotopic (exact) mass is 642 g/mol. The van der Waals surface area contributed by atoms with Crippen LogP contribution in [0.2, 0.25) is 0 Å². The molecule has 7 unspecified atom stereocenters. The van der Waals surface area contributed by atoms with Gasteiger partial charge in [0, 0.05) is 49.9 Å². The van der Waals surface area contributed by atoms with Crippen molar-refractivity contribution in [2.75, 3.05) is 0 Å². The molecule has 0 aromatic carbocycles. The van der Waals surface area contributed by atoms with Crippen molar-refractivity contribution in [2.24, 2.45) is 63.6 Å². The van der Waals surface area contributed by atoms with Crippen molar-refractivity contribution in [2.45, 2.75) is 146 Å². The average Bonchev–Trinajstić information content (AvgIpc) is 3.17. The number of ketones is 5. The summed E-state index contributed by atoms with van der Waals surface area (Å²) in [6.45, 7) is 23.0. The fourth-order valence-corrected chi connectivity index (χ4v) is 8.46. The molecule has 0 aromatic rings. The molecule has 0 bridgehead atoms. The molecule has 3 aliphatic rings. The van der Waals surface area contributed by atoms with Gasteiger partial charge in [0.2, 0.25) is 5.78 Å². The highest BCUT2D eigenvalue weighted by molar-refractivity contribution is 6.37. The maximum atomic E-state index is 14.5. The first-order valence-electron chi connectivity index (χ1n) is 17.7. The summed E-state index contributed by atoms with van der Waals surface area (Å²) >= 11 is 0. The first-order chi connectivity index (χ1) is 20.8. The molecule has 0 saturated heterocycles. The zero-order valence-electron chi connectivity index (χ0n) is 30.8. The van der Waals surface area contributed by atoms with Crippen molar-refractivity contribution in [3.63, 3.8) is 0 Å². The minimum atomic E-state index is -0.676. The van der Waals surface area contributed by atoms with E-state index in [4.69, 9.17) is 4.74 Å². The van der Waals surface area contributed by atoms with Crippen molar-refractivity contribution in [1.82, 2.24) is 0 Å². The Labute approximate surface area is 278 Å². The number of carbonyl (C=O) groups excluding carboxylic acids is 6. The minimum Gasteiger partial charge on any atom is -0.460 e. The summed E-state index contributed by atoms with van der Waals surface area (Å²) in [5.41, 5.74) is -1.48. The van der Waals surface area contributed by atoms with Crippen LogP contribution in [0.25, 0.3) is 0 Å². The number of hydrogen-bond acceptors (Lipinski definition) is 7. The van der Waals surface area contributed by atoms with E-state index in [0.717, 1.165) is 19.3 Å². The molecule has 3 fully saturated rings. The summed E-state index contributed by atoms with van der Waals surface area (Å²) in [7, 11) is 0. The van der Waals surface area contributed by atoms with Gasteiger partial charge in [-0.1, -0.05) is 74.7 Å². The lowest BCUT2D eigenvalue weighted by Gasteiger charge is -2.35. The lowest BCUT2D eigenvalue weighted by molar-refractivity contribution is -0.162. The molecule has 7 atom stereocenters. The fraction of sp³-hybridized carbons (Fsp3) is 0.846. The second kappa shape index (κ2) is 13.7. The summed E-state index contributed by atoms with van der Waals surface area (Å²) in [4.78, 5) is 80.5. The third kappa shape index (κ3) is 9.46. The zero-order valence-corrected chi connectivity index (χ0v) is 30.8. The van der Waals surface area contributed by atoms with Crippen LogP contribution < -0.4 is 0 Å². The average molecular weight is 643 g/mol. The van der Waals surface area contributed by atoms with Crippen LogP contribution in [0.4, 0.5) is 0 Å². The summed E-state index contributed by atoms with van der Waals surface area (Å²) in [5, 5.41) is 0. The van der Waals surface area contributed by atoms with Gasteiger partial charge < -0.3 is 4.74 Å². The molecule has 3 saturated carbocycles. The molecule has 260 valence electrons. The number of carbonyl (C=O) groups is 6. The van der Waals surface area contributed by atoms with E-state index in [0.29, 0.717) is 25.2 Å². The maximum Gasteiger partial charge on any atom is 0.309 e. The summed E-state index contributed by atoms with van der Waals surface area (Å²) in [6, 6.07) is 0. The lowest BCUT2D eigenvalue weighted by atomic mass is 9.67. The van der Waals surface area contributed by atoms with Gasteiger partial charge in [-0.25, -0.2) is 0 Å². The zero-order chi connectivity index (χ0) is 35.2. The highest BCUT2D eigenvalue weighted by Gasteiger charge is 2.69. The van der Waals surface area contributed by atoms with E-state index >= 15 is 0 Å². The van der Waals surface area contributed by atoms with Crippen molar-refractivity contribution < 1.29 is 33.5 Å². The molecule has 0 spiro atoms. The van der Waals surface area contributed by atoms with E-state index in [-0.39, 0.29) is 59.3 Å². The number of rotatable bonds is 15. The number of fused-ring (bicyclic) bond motifs is 1. The van der Waals surface area contributed by atoms with Gasteiger partial charge in [-0.3, -0.25) is 28.8 Å². The first-order valence-corrected chi connectivity index (χ1v) is 17.7. The molecule has 0 radical (unpaired) electrons. The third-order valence-corrected chi connectivity index (χ3v) is 11.1. The molecule has 0 aromatic heterocycles. The van der Waals surface area contributed by atoms with E-state index in [1.54, 1.807) is 0 Å². The van der Waals surface area contributed by atoms with E-state index in [1.807, 2.05) is 62.3 Å². The molecule has 0 N–H and O–H groups in total. The number of hydrogen-bond donors (Lipinski definition) is 0. The molecule has 0 heterocycles. The van der Waals surface area contributed by atoms with Crippen molar-refractivity contribution in [1.29, 1.82) is 0 Å². The van der Waals surface area contributed by atoms with Gasteiger partial charge in [-0.2, -0.15) is 0 Å². The topological polar surface area (TPSA) is 112 Å². The Morgan fingerprint density at radius 1 is 0.826 bits per heavy atom. The van der Waals surface area contributed by atoms with Gasteiger partial charge in [-0.15, -0.1) is 0 Å². The molecule has 46 heavy (non-hydrogen) atoms. The van der Waals surface area contributed by atoms with E-state index in [1.165, 1.54) is 6.92 Å². The van der Waals surface area contributed by atoms with E-state index in [9.17, 15) is 28.8 Å². The summed E-state index contributed by atoms with van der Waals surface area (Å²) in [6.07, 6.45) is 4.81. The van der Waals surface area contributed by atoms with Gasteiger partial charge >= 0.3 is 5.97 Å². The van der Waals surface area contributed by atoms with Gasteiger partial charge in [-0.05, 0) is 74.0 Å². The second-order valence-electron chi connectivity index (χ2n) is 18.9. The highest BCUT2D eigenvalue weighted by atomic mass is 16.6. The lowest BCUT2D eigenvalue weighted by Crippen LogP contribution is -2.41. The molecule has 3 aliphatic carbocycles. The van der Waals surface area contributed by atoms with Gasteiger partial charge in [0.25, 0.3) is 0 Å². The van der Waals surface area contributed by atoms with E-state index in [2.05, 4.69) is 13.8 Å². The van der Waals surface area contributed by atoms with Crippen LogP contribution in [-0.4, -0.2) is 40.5 Å². The summed E-state index contributed by atoms with van der Waals surface area (Å²) < 4.78 is 5.68. The maximum absolute atomic E-state index is 14.5. The SMILES string of the molecule is CC(=O)C(=O)C(CC(=O)C1C(C(=O)C(CC(=O)CC(CC(C)(C)C)C(=O)OC(C)(C)C)C(C)(C)C)CC2C1C2(C)C)CC1CCC1. The molecule has 0 amide bonds. The third-order valence-electron chi connectivity index (χ3n) is 11.1. The van der Waals surface area contributed by atoms with Crippen molar-refractivity contribution in [3.8, 4) is 0 Å². The van der Waals surface area contributed by atoms with Gasteiger partial charge in [0.15, 0.2) is 5.78 Å². The van der Waals surface area contributed by atoms with Crippen molar-refractivity contribution >= 4 is 34.9 Å². The molecule has 0 aliphatic heterocycles. The number of Topliss-reactive ketones (excluding diaryl/α,β-unsaturated/α-hetero) is 5. The predicted molar refractivity (Wildman–Crippen MR) is 179 cm³/mol. The minimum absolute atomic E-state index is 0.00610. The van der Waals surface area contributed by atoms with Crippen LogP contribution in [0, 0.1) is 63.6 Å². The smallest absolute Gasteiger partial charge is 0.309 e. The second-order valence-corrected chi connectivity index (χ2v) is 18.9. The Morgan fingerprint density at radius 2 is 1.41 bits per heavy atom. The Hall–Kier alpha value is -2.18. The molecular formula is C39H62O7. The number of esters is 1. The molecule has 7 heteroatoms. The Bertz CT molecular complexity index is 1200. The Kier molecular flexibility index (Phi) is 11.4. The predicted octanol–water partition coefficient (Wildman–Crippen LogP) is 7.79.